The van der Waals surface area contributed by atoms with Crippen LogP contribution >= 0.6 is 46.4 Å². The van der Waals surface area contributed by atoms with Crippen LogP contribution in [-0.2, 0) is 0 Å². The van der Waals surface area contributed by atoms with Gasteiger partial charge in [0.1, 0.15) is 33.3 Å². The number of ether oxygens (including phenoxy) is 2. The highest BCUT2D eigenvalue weighted by Gasteiger charge is 2.23. The molecule has 0 aromatic heterocycles. The summed E-state index contributed by atoms with van der Waals surface area (Å²) >= 11 is 24.2. The zero-order chi connectivity index (χ0) is 15.4. The number of aliphatic hydroxyl groups is 2. The molecule has 0 aliphatic heterocycles. The van der Waals surface area contributed by atoms with Crippen LogP contribution in [0.5, 0.6) is 11.5 Å². The van der Waals surface area contributed by atoms with Gasteiger partial charge in [-0.05, 0) is 13.8 Å². The molecule has 2 N–H and O–H groups in total. The molecule has 114 valence electrons. The van der Waals surface area contributed by atoms with Crippen molar-refractivity contribution in [2.45, 2.75) is 26.1 Å². The minimum absolute atomic E-state index is 0.0139. The van der Waals surface area contributed by atoms with E-state index < -0.39 is 12.2 Å². The van der Waals surface area contributed by atoms with Gasteiger partial charge in [0, 0.05) is 0 Å². The summed E-state index contributed by atoms with van der Waals surface area (Å²) in [6.07, 6.45) is -1.41. The second kappa shape index (κ2) is 7.78. The Hall–Kier alpha value is -0.100. The predicted octanol–water partition coefficient (Wildman–Crippen LogP) is 3.82. The molecule has 0 saturated heterocycles. The number of hydrogen-bond donors (Lipinski definition) is 2. The molecule has 0 amide bonds. The number of hydrogen-bond acceptors (Lipinski definition) is 4. The average molecular weight is 364 g/mol. The Morgan fingerprint density at radius 3 is 1.20 bits per heavy atom. The van der Waals surface area contributed by atoms with Crippen LogP contribution in [0.4, 0.5) is 0 Å². The summed E-state index contributed by atoms with van der Waals surface area (Å²) in [7, 11) is 0. The molecule has 1 aromatic rings. The van der Waals surface area contributed by atoms with Crippen molar-refractivity contribution in [1.82, 2.24) is 0 Å². The zero-order valence-corrected chi connectivity index (χ0v) is 13.8. The number of halogens is 4. The van der Waals surface area contributed by atoms with Crippen LogP contribution in [0.25, 0.3) is 0 Å². The minimum atomic E-state index is -0.703. The quantitative estimate of drug-likeness (QED) is 0.754. The second-order valence-corrected chi connectivity index (χ2v) is 5.75. The minimum Gasteiger partial charge on any atom is -0.488 e. The van der Waals surface area contributed by atoms with Crippen molar-refractivity contribution in [3.05, 3.63) is 20.1 Å². The van der Waals surface area contributed by atoms with Crippen LogP contribution in [0, 0.1) is 0 Å². The fraction of sp³-hybridized carbons (Fsp3) is 0.500. The third-order valence-electron chi connectivity index (χ3n) is 2.12. The Labute approximate surface area is 137 Å². The maximum atomic E-state index is 9.20. The molecule has 0 spiro atoms. The summed E-state index contributed by atoms with van der Waals surface area (Å²) in [6, 6.07) is 0. The Kier molecular flexibility index (Phi) is 6.98. The standard InChI is InChI=1S/C12H14Cl4O4/c1-5(17)3-19-11-7(13)9(15)12(10(16)8(11)14)20-4-6(2)18/h5-6,17-18H,3-4H2,1-2H3. The highest BCUT2D eigenvalue weighted by atomic mass is 35.5. The van der Waals surface area contributed by atoms with E-state index >= 15 is 0 Å². The van der Waals surface area contributed by atoms with Crippen molar-refractivity contribution < 1.29 is 19.7 Å². The Balaban J connectivity index is 3.13. The highest BCUT2D eigenvalue weighted by Crippen LogP contribution is 2.50. The molecule has 1 rings (SSSR count). The van der Waals surface area contributed by atoms with E-state index in [1.807, 2.05) is 0 Å². The van der Waals surface area contributed by atoms with Crippen molar-refractivity contribution in [3.8, 4) is 11.5 Å². The third-order valence-corrected chi connectivity index (χ3v) is 3.76. The lowest BCUT2D eigenvalue weighted by atomic mass is 10.3. The van der Waals surface area contributed by atoms with E-state index in [0.717, 1.165) is 0 Å². The predicted molar refractivity (Wildman–Crippen MR) is 80.8 cm³/mol. The van der Waals surface area contributed by atoms with Crippen molar-refractivity contribution in [1.29, 1.82) is 0 Å². The van der Waals surface area contributed by atoms with E-state index in [0.29, 0.717) is 0 Å². The maximum Gasteiger partial charge on any atom is 0.159 e. The van der Waals surface area contributed by atoms with Gasteiger partial charge in [0.15, 0.2) is 11.5 Å². The second-order valence-electron chi connectivity index (χ2n) is 4.23. The largest absolute Gasteiger partial charge is 0.488 e. The Morgan fingerprint density at radius 2 is 1.00 bits per heavy atom. The molecule has 0 saturated carbocycles. The molecule has 2 atom stereocenters. The first-order valence-corrected chi connectivity index (χ1v) is 7.24. The SMILES string of the molecule is CC(O)COc1c(Cl)c(Cl)c(OCC(C)O)c(Cl)c1Cl. The summed E-state index contributed by atoms with van der Waals surface area (Å²) in [4.78, 5) is 0. The number of benzene rings is 1. The van der Waals surface area contributed by atoms with Gasteiger partial charge in [0.2, 0.25) is 0 Å². The van der Waals surface area contributed by atoms with Crippen LogP contribution in [0.2, 0.25) is 20.1 Å². The molecule has 2 unspecified atom stereocenters. The molecular weight excluding hydrogens is 350 g/mol. The van der Waals surface area contributed by atoms with Gasteiger partial charge < -0.3 is 19.7 Å². The molecule has 0 aliphatic rings. The van der Waals surface area contributed by atoms with Crippen LogP contribution in [0.1, 0.15) is 13.8 Å². The smallest absolute Gasteiger partial charge is 0.159 e. The molecule has 8 heteroatoms. The monoisotopic (exact) mass is 362 g/mol. The molecule has 1 aromatic carbocycles. The zero-order valence-electron chi connectivity index (χ0n) is 10.8. The van der Waals surface area contributed by atoms with Crippen molar-refractivity contribution in [2.24, 2.45) is 0 Å². The van der Waals surface area contributed by atoms with Crippen LogP contribution < -0.4 is 9.47 Å². The fourth-order valence-electron chi connectivity index (χ4n) is 1.25. The van der Waals surface area contributed by atoms with Gasteiger partial charge in [0.25, 0.3) is 0 Å². The maximum absolute atomic E-state index is 9.20. The van der Waals surface area contributed by atoms with Crippen molar-refractivity contribution >= 4 is 46.4 Å². The van der Waals surface area contributed by atoms with Gasteiger partial charge >= 0.3 is 0 Å². The van der Waals surface area contributed by atoms with Gasteiger partial charge in [-0.15, -0.1) is 0 Å². The molecule has 0 fully saturated rings. The van der Waals surface area contributed by atoms with Crippen molar-refractivity contribution in [2.75, 3.05) is 13.2 Å². The van der Waals surface area contributed by atoms with Gasteiger partial charge in [0.05, 0.1) is 12.2 Å². The summed E-state index contributed by atoms with van der Waals surface area (Å²) in [5.41, 5.74) is 0. The third kappa shape index (κ3) is 4.45. The first kappa shape index (κ1) is 18.0. The first-order valence-electron chi connectivity index (χ1n) is 5.73. The highest BCUT2D eigenvalue weighted by molar-refractivity contribution is 6.50. The van der Waals surface area contributed by atoms with E-state index in [1.165, 1.54) is 0 Å². The lowest BCUT2D eigenvalue weighted by Gasteiger charge is -2.17. The van der Waals surface area contributed by atoms with E-state index in [1.54, 1.807) is 13.8 Å². The van der Waals surface area contributed by atoms with Gasteiger partial charge in [-0.1, -0.05) is 46.4 Å². The molecule has 0 bridgehead atoms. The molecule has 0 radical (unpaired) electrons. The molecule has 4 nitrogen and oxygen atoms in total. The summed E-state index contributed by atoms with van der Waals surface area (Å²) in [5.74, 6) is 0.155. The van der Waals surface area contributed by atoms with Crippen LogP contribution in [0.3, 0.4) is 0 Å². The lowest BCUT2D eigenvalue weighted by molar-refractivity contribution is 0.120. The molecular formula is C12H14Cl4O4. The summed E-state index contributed by atoms with van der Waals surface area (Å²) in [5, 5.41) is 18.5. The van der Waals surface area contributed by atoms with Crippen molar-refractivity contribution in [3.63, 3.8) is 0 Å². The normalized spacial score (nSPS) is 14.0. The lowest BCUT2D eigenvalue weighted by Crippen LogP contribution is -2.15. The van der Waals surface area contributed by atoms with E-state index in [9.17, 15) is 10.2 Å². The number of aliphatic hydroxyl groups excluding tert-OH is 2. The van der Waals surface area contributed by atoms with E-state index in [-0.39, 0.29) is 44.8 Å². The summed E-state index contributed by atoms with van der Waals surface area (Å²) < 4.78 is 10.6. The van der Waals surface area contributed by atoms with Gasteiger partial charge in [-0.3, -0.25) is 0 Å². The van der Waals surface area contributed by atoms with E-state index in [2.05, 4.69) is 0 Å². The van der Waals surface area contributed by atoms with Crippen LogP contribution in [0.15, 0.2) is 0 Å². The first-order chi connectivity index (χ1) is 9.25. The fourth-order valence-corrected chi connectivity index (χ4v) is 2.29. The molecule has 20 heavy (non-hydrogen) atoms. The van der Waals surface area contributed by atoms with Crippen LogP contribution in [-0.4, -0.2) is 35.6 Å². The molecule has 0 heterocycles. The van der Waals surface area contributed by atoms with E-state index in [4.69, 9.17) is 55.9 Å². The number of rotatable bonds is 6. The average Bonchev–Trinajstić information content (AvgIpc) is 2.35. The van der Waals surface area contributed by atoms with Gasteiger partial charge in [-0.2, -0.15) is 0 Å². The summed E-state index contributed by atoms with van der Waals surface area (Å²) in [6.45, 7) is 3.07. The van der Waals surface area contributed by atoms with Gasteiger partial charge in [-0.25, -0.2) is 0 Å². The Bertz CT molecular complexity index is 405. The topological polar surface area (TPSA) is 58.9 Å². The Morgan fingerprint density at radius 1 is 0.750 bits per heavy atom. The molecule has 0 aliphatic carbocycles.